The van der Waals surface area contributed by atoms with Gasteiger partial charge in [0.25, 0.3) is 5.56 Å². The van der Waals surface area contributed by atoms with Gasteiger partial charge in [0.05, 0.1) is 40.1 Å². The Hall–Kier alpha value is -3.83. The summed E-state index contributed by atoms with van der Waals surface area (Å²) in [7, 11) is 1.56. The van der Waals surface area contributed by atoms with Gasteiger partial charge < -0.3 is 32.5 Å². The SMILES string of the molecule is CCOP(OCC)O[C@H]1C[C@H](n2cc(C)c(=O)[nH]c2=O)O[C@@H]1COC(c1ccccc1)(c1ccc(OC)cc1)c1ccc(OC)cc1. The van der Waals surface area contributed by atoms with E-state index in [0.29, 0.717) is 36.7 Å². The second-order valence-corrected chi connectivity index (χ2v) is 12.0. The summed E-state index contributed by atoms with van der Waals surface area (Å²) in [6, 6.07) is 25.5. The summed E-state index contributed by atoms with van der Waals surface area (Å²) < 4.78 is 43.9. The van der Waals surface area contributed by atoms with Gasteiger partial charge in [-0.05, 0) is 61.7 Å². The molecule has 0 aliphatic carbocycles. The Kier molecular flexibility index (Phi) is 11.6. The van der Waals surface area contributed by atoms with Crippen molar-refractivity contribution in [3.8, 4) is 11.5 Å². The van der Waals surface area contributed by atoms with Gasteiger partial charge in [0, 0.05) is 18.2 Å². The molecule has 47 heavy (non-hydrogen) atoms. The van der Waals surface area contributed by atoms with Gasteiger partial charge in [0.1, 0.15) is 29.4 Å². The molecule has 0 amide bonds. The Morgan fingerprint density at radius 3 is 1.94 bits per heavy atom. The van der Waals surface area contributed by atoms with Crippen molar-refractivity contribution >= 4 is 8.60 Å². The van der Waals surface area contributed by atoms with E-state index in [9.17, 15) is 9.59 Å². The highest BCUT2D eigenvalue weighted by Gasteiger charge is 2.44. The van der Waals surface area contributed by atoms with E-state index in [1.807, 2.05) is 92.7 Å². The van der Waals surface area contributed by atoms with E-state index in [1.165, 1.54) is 10.8 Å². The monoisotopic (exact) mass is 664 g/mol. The van der Waals surface area contributed by atoms with Gasteiger partial charge in [-0.25, -0.2) is 4.79 Å². The third-order valence-corrected chi connectivity index (χ3v) is 9.35. The molecule has 11 nitrogen and oxygen atoms in total. The first-order valence-corrected chi connectivity index (χ1v) is 16.6. The van der Waals surface area contributed by atoms with Crippen LogP contribution in [0.4, 0.5) is 0 Å². The van der Waals surface area contributed by atoms with Gasteiger partial charge in [0.15, 0.2) is 0 Å². The van der Waals surface area contributed by atoms with Crippen LogP contribution < -0.4 is 20.7 Å². The van der Waals surface area contributed by atoms with Crippen molar-refractivity contribution in [2.45, 2.75) is 51.2 Å². The molecule has 3 aromatic carbocycles. The summed E-state index contributed by atoms with van der Waals surface area (Å²) in [5.74, 6) is 1.42. The number of benzene rings is 3. The fraction of sp³-hybridized carbons (Fsp3) is 0.371. The van der Waals surface area contributed by atoms with Crippen LogP contribution in [0.5, 0.6) is 11.5 Å². The van der Waals surface area contributed by atoms with Crippen molar-refractivity contribution in [3.63, 3.8) is 0 Å². The number of nitrogens with one attached hydrogen (secondary N) is 1. The summed E-state index contributed by atoms with van der Waals surface area (Å²) in [4.78, 5) is 27.4. The third-order valence-electron chi connectivity index (χ3n) is 7.96. The quantitative estimate of drug-likeness (QED) is 0.123. The maximum atomic E-state index is 12.9. The lowest BCUT2D eigenvalue weighted by atomic mass is 9.80. The lowest BCUT2D eigenvalue weighted by Gasteiger charge is -2.37. The average Bonchev–Trinajstić information content (AvgIpc) is 3.49. The molecule has 1 aliphatic heterocycles. The van der Waals surface area contributed by atoms with Crippen molar-refractivity contribution < 1.29 is 32.5 Å². The lowest BCUT2D eigenvalue weighted by Crippen LogP contribution is -2.38. The van der Waals surface area contributed by atoms with Crippen LogP contribution in [0.25, 0.3) is 0 Å². The van der Waals surface area contributed by atoms with Crippen molar-refractivity contribution in [1.29, 1.82) is 0 Å². The molecule has 12 heteroatoms. The summed E-state index contributed by atoms with van der Waals surface area (Å²) in [6.07, 6.45) is -0.150. The van der Waals surface area contributed by atoms with E-state index in [1.54, 1.807) is 21.1 Å². The second-order valence-electron chi connectivity index (χ2n) is 10.9. The molecule has 0 radical (unpaired) electrons. The first kappa shape index (κ1) is 34.5. The Morgan fingerprint density at radius 1 is 0.851 bits per heavy atom. The largest absolute Gasteiger partial charge is 0.497 e. The van der Waals surface area contributed by atoms with E-state index in [-0.39, 0.29) is 6.61 Å². The maximum absolute atomic E-state index is 12.9. The Balaban J connectivity index is 1.57. The molecule has 0 unspecified atom stereocenters. The Morgan fingerprint density at radius 2 is 1.40 bits per heavy atom. The van der Waals surface area contributed by atoms with Crippen LogP contribution >= 0.6 is 8.60 Å². The van der Waals surface area contributed by atoms with E-state index in [0.717, 1.165) is 16.7 Å². The number of rotatable bonds is 15. The van der Waals surface area contributed by atoms with E-state index < -0.39 is 43.9 Å². The van der Waals surface area contributed by atoms with E-state index in [2.05, 4.69) is 4.98 Å². The van der Waals surface area contributed by atoms with Crippen LogP contribution in [-0.4, -0.2) is 55.8 Å². The van der Waals surface area contributed by atoms with Crippen molar-refractivity contribution in [2.24, 2.45) is 0 Å². The highest BCUT2D eigenvalue weighted by atomic mass is 31.2. The molecule has 1 aliphatic rings. The highest BCUT2D eigenvalue weighted by molar-refractivity contribution is 7.41. The molecule has 1 N–H and O–H groups in total. The van der Waals surface area contributed by atoms with Gasteiger partial charge in [0.2, 0.25) is 0 Å². The Labute approximate surface area is 275 Å². The van der Waals surface area contributed by atoms with E-state index in [4.69, 9.17) is 32.5 Å². The summed E-state index contributed by atoms with van der Waals surface area (Å²) in [6.45, 7) is 6.23. The van der Waals surface area contributed by atoms with Gasteiger partial charge in [-0.2, -0.15) is 0 Å². The van der Waals surface area contributed by atoms with Gasteiger partial charge in [-0.1, -0.05) is 54.6 Å². The van der Waals surface area contributed by atoms with Gasteiger partial charge in [-0.15, -0.1) is 0 Å². The predicted molar refractivity (Wildman–Crippen MR) is 178 cm³/mol. The minimum Gasteiger partial charge on any atom is -0.497 e. The minimum atomic E-state index is -1.70. The smallest absolute Gasteiger partial charge is 0.333 e. The molecule has 1 aromatic heterocycles. The molecule has 2 heterocycles. The van der Waals surface area contributed by atoms with Gasteiger partial charge in [-0.3, -0.25) is 14.3 Å². The summed E-state index contributed by atoms with van der Waals surface area (Å²) in [5, 5.41) is 0. The standard InChI is InChI=1S/C35H41N2O9P/c1-6-43-47(44-7-2)46-30-21-32(37-22-24(3)33(38)36-34(37)39)45-31(30)23-42-35(25-11-9-8-10-12-25,26-13-17-28(40-4)18-14-26)27-15-19-29(41-5)20-16-27/h8-20,22,30-32H,6-7,21,23H2,1-5H3,(H,36,38,39)/t30-,31+,32+/m0/s1. The number of methoxy groups -OCH3 is 2. The molecule has 1 saturated heterocycles. The number of hydrogen-bond donors (Lipinski definition) is 1. The predicted octanol–water partition coefficient (Wildman–Crippen LogP) is 5.84. The number of hydrogen-bond acceptors (Lipinski definition) is 9. The number of H-pyrrole nitrogens is 1. The molecule has 0 spiro atoms. The number of aryl methyl sites for hydroxylation is 1. The second kappa shape index (κ2) is 15.8. The van der Waals surface area contributed by atoms with Crippen LogP contribution in [-0.2, 0) is 28.6 Å². The van der Waals surface area contributed by atoms with Crippen LogP contribution in [0.1, 0.15) is 48.8 Å². The molecule has 3 atom stereocenters. The first-order chi connectivity index (χ1) is 22.8. The van der Waals surface area contributed by atoms with Crippen LogP contribution in [0.3, 0.4) is 0 Å². The zero-order valence-electron chi connectivity index (χ0n) is 27.2. The summed E-state index contributed by atoms with van der Waals surface area (Å²) in [5.41, 5.74) is 0.888. The topological polar surface area (TPSA) is 119 Å². The molecule has 0 saturated carbocycles. The van der Waals surface area contributed by atoms with Crippen molar-refractivity contribution in [3.05, 3.63) is 128 Å². The first-order valence-electron chi connectivity index (χ1n) is 15.5. The highest BCUT2D eigenvalue weighted by Crippen LogP contribution is 2.47. The Bertz CT molecular complexity index is 1640. The number of aromatic nitrogens is 2. The maximum Gasteiger partial charge on any atom is 0.333 e. The van der Waals surface area contributed by atoms with Crippen LogP contribution in [0.2, 0.25) is 0 Å². The van der Waals surface area contributed by atoms with Crippen molar-refractivity contribution in [1.82, 2.24) is 9.55 Å². The lowest BCUT2D eigenvalue weighted by molar-refractivity contribution is -0.0930. The molecule has 1 fully saturated rings. The fourth-order valence-electron chi connectivity index (χ4n) is 5.63. The zero-order chi connectivity index (χ0) is 33.4. The van der Waals surface area contributed by atoms with Crippen molar-refractivity contribution in [2.75, 3.05) is 34.0 Å². The molecule has 250 valence electrons. The molecule has 0 bridgehead atoms. The molecular formula is C35H41N2O9P. The number of aromatic amines is 1. The van der Waals surface area contributed by atoms with E-state index >= 15 is 0 Å². The minimum absolute atomic E-state index is 0.0621. The van der Waals surface area contributed by atoms with Crippen LogP contribution in [0.15, 0.2) is 94.6 Å². The number of ether oxygens (including phenoxy) is 4. The summed E-state index contributed by atoms with van der Waals surface area (Å²) >= 11 is 0. The van der Waals surface area contributed by atoms with Gasteiger partial charge >= 0.3 is 14.3 Å². The molecule has 4 aromatic rings. The zero-order valence-corrected chi connectivity index (χ0v) is 28.1. The molecular weight excluding hydrogens is 623 g/mol. The molecule has 5 rings (SSSR count). The third kappa shape index (κ3) is 7.67. The fourth-order valence-corrected chi connectivity index (χ4v) is 6.69. The number of nitrogens with zero attached hydrogens (tertiary/aromatic N) is 1. The average molecular weight is 665 g/mol. The van der Waals surface area contributed by atoms with Crippen LogP contribution in [0, 0.1) is 6.92 Å². The normalized spacial score (nSPS) is 18.0.